The summed E-state index contributed by atoms with van der Waals surface area (Å²) in [4.78, 5) is 54.3. The molecule has 3 aromatic rings. The molecule has 0 radical (unpaired) electrons. The van der Waals surface area contributed by atoms with Crippen molar-refractivity contribution >= 4 is 39.3 Å². The number of piperazine rings is 1. The van der Waals surface area contributed by atoms with E-state index in [0.717, 1.165) is 6.07 Å². The van der Waals surface area contributed by atoms with E-state index in [-0.39, 0.29) is 64.4 Å². The molecule has 0 N–H and O–H groups in total. The van der Waals surface area contributed by atoms with E-state index in [1.165, 1.54) is 22.4 Å². The Labute approximate surface area is 245 Å². The highest BCUT2D eigenvalue weighted by Gasteiger charge is 2.72. The molecule has 5 heterocycles. The van der Waals surface area contributed by atoms with Gasteiger partial charge in [0, 0.05) is 42.3 Å². The lowest BCUT2D eigenvalue weighted by Gasteiger charge is -2.38. The highest BCUT2D eigenvalue weighted by Crippen LogP contribution is 2.63. The fourth-order valence-corrected chi connectivity index (χ4v) is 7.66. The molecule has 1 aliphatic carbocycles. The van der Waals surface area contributed by atoms with E-state index in [1.807, 2.05) is 27.8 Å². The predicted octanol–water partition coefficient (Wildman–Crippen LogP) is 4.65. The Kier molecular flexibility index (Phi) is 6.73. The van der Waals surface area contributed by atoms with Crippen molar-refractivity contribution in [2.45, 2.75) is 46.2 Å². The number of fused-ring (bicyclic) bond motifs is 2. The highest BCUT2D eigenvalue weighted by atomic mass is 32.1. The van der Waals surface area contributed by atoms with Gasteiger partial charge in [0.15, 0.2) is 6.67 Å². The van der Waals surface area contributed by atoms with E-state index < -0.39 is 18.3 Å². The van der Waals surface area contributed by atoms with Gasteiger partial charge in [-0.1, -0.05) is 13.8 Å². The summed E-state index contributed by atoms with van der Waals surface area (Å²) in [5.74, 6) is -5.14. The Morgan fingerprint density at radius 1 is 1.17 bits per heavy atom. The standard InChI is InChI=1S/C30H32F3N5O3S/c1-15-10-20(30(32,33)14-31)35-24(21(15)26(39)37-9-8-36(5)12-16(37)2)18-6-7-34-19-11-17(42-25(18)19)13-38-27(40)22-23(28(38)41)29(22,3)4/h6-7,10-11,16,22-23H,8-9,12-14H2,1-5H3. The fraction of sp³-hybridized carbons (Fsp3) is 0.500. The Hall–Kier alpha value is -3.38. The van der Waals surface area contributed by atoms with Gasteiger partial charge in [-0.25, -0.2) is 9.37 Å². The van der Waals surface area contributed by atoms with Crippen LogP contribution in [0.5, 0.6) is 0 Å². The van der Waals surface area contributed by atoms with E-state index in [1.54, 1.807) is 24.0 Å². The van der Waals surface area contributed by atoms with Crippen LogP contribution >= 0.6 is 11.3 Å². The number of hydrogen-bond acceptors (Lipinski definition) is 7. The first-order valence-electron chi connectivity index (χ1n) is 13.9. The van der Waals surface area contributed by atoms with E-state index in [4.69, 9.17) is 0 Å². The average molecular weight is 600 g/mol. The molecule has 12 heteroatoms. The molecule has 0 spiro atoms. The summed E-state index contributed by atoms with van der Waals surface area (Å²) in [5.41, 5.74) is 0.342. The van der Waals surface area contributed by atoms with Gasteiger partial charge >= 0.3 is 5.92 Å². The average Bonchev–Trinajstić information content (AvgIpc) is 3.16. The predicted molar refractivity (Wildman–Crippen MR) is 152 cm³/mol. The molecule has 0 bridgehead atoms. The number of carbonyl (C=O) groups is 3. The summed E-state index contributed by atoms with van der Waals surface area (Å²) in [6.07, 6.45) is 1.50. The number of carbonyl (C=O) groups excluding carboxylic acids is 3. The van der Waals surface area contributed by atoms with Crippen LogP contribution in [0, 0.1) is 24.2 Å². The zero-order valence-electron chi connectivity index (χ0n) is 24.1. The molecule has 222 valence electrons. The number of aromatic nitrogens is 2. The van der Waals surface area contributed by atoms with E-state index >= 15 is 0 Å². The highest BCUT2D eigenvalue weighted by molar-refractivity contribution is 7.19. The molecule has 42 heavy (non-hydrogen) atoms. The van der Waals surface area contributed by atoms with Gasteiger partial charge in [0.2, 0.25) is 11.8 Å². The van der Waals surface area contributed by atoms with Crippen molar-refractivity contribution in [2.75, 3.05) is 33.4 Å². The lowest BCUT2D eigenvalue weighted by atomic mass is 9.97. The topological polar surface area (TPSA) is 86.7 Å². The number of amides is 3. The van der Waals surface area contributed by atoms with Crippen LogP contribution in [0.15, 0.2) is 24.4 Å². The summed E-state index contributed by atoms with van der Waals surface area (Å²) in [6.45, 7) is 7.28. The summed E-state index contributed by atoms with van der Waals surface area (Å²) in [7, 11) is 1.97. The van der Waals surface area contributed by atoms with Gasteiger partial charge in [-0.3, -0.25) is 24.3 Å². The van der Waals surface area contributed by atoms with Crippen molar-refractivity contribution in [1.29, 1.82) is 0 Å². The van der Waals surface area contributed by atoms with Gasteiger partial charge in [0.25, 0.3) is 5.91 Å². The number of pyridine rings is 2. The molecule has 3 amide bonds. The number of rotatable bonds is 6. The maximum Gasteiger partial charge on any atom is 0.317 e. The summed E-state index contributed by atoms with van der Waals surface area (Å²) in [5, 5.41) is 0. The van der Waals surface area contributed by atoms with Gasteiger partial charge in [-0.05, 0) is 50.1 Å². The van der Waals surface area contributed by atoms with Gasteiger partial charge in [-0.2, -0.15) is 8.78 Å². The molecule has 3 atom stereocenters. The summed E-state index contributed by atoms with van der Waals surface area (Å²) >= 11 is 1.27. The van der Waals surface area contributed by atoms with Crippen LogP contribution in [0.25, 0.3) is 21.5 Å². The first-order chi connectivity index (χ1) is 19.8. The first kappa shape index (κ1) is 28.7. The third-order valence-electron chi connectivity index (χ3n) is 8.99. The second-order valence-electron chi connectivity index (χ2n) is 12.3. The van der Waals surface area contributed by atoms with Crippen LogP contribution in [0.2, 0.25) is 0 Å². The van der Waals surface area contributed by atoms with Gasteiger partial charge in [-0.15, -0.1) is 11.3 Å². The molecule has 2 saturated heterocycles. The van der Waals surface area contributed by atoms with Crippen LogP contribution in [-0.2, 0) is 22.1 Å². The van der Waals surface area contributed by atoms with Crippen molar-refractivity contribution in [1.82, 2.24) is 24.7 Å². The second kappa shape index (κ2) is 9.84. The fourth-order valence-electron chi connectivity index (χ4n) is 6.55. The van der Waals surface area contributed by atoms with Crippen LogP contribution < -0.4 is 0 Å². The Bertz CT molecular complexity index is 1620. The molecule has 3 unspecified atom stereocenters. The molecule has 6 rings (SSSR count). The molecule has 3 fully saturated rings. The van der Waals surface area contributed by atoms with Crippen molar-refractivity contribution in [3.05, 3.63) is 46.1 Å². The normalized spacial score (nSPS) is 24.0. The monoisotopic (exact) mass is 599 g/mol. The van der Waals surface area contributed by atoms with E-state index in [0.29, 0.717) is 40.3 Å². The van der Waals surface area contributed by atoms with Crippen LogP contribution in [0.1, 0.15) is 47.3 Å². The van der Waals surface area contributed by atoms with Crippen LogP contribution in [-0.4, -0.2) is 81.8 Å². The molecule has 0 aromatic carbocycles. The lowest BCUT2D eigenvalue weighted by Crippen LogP contribution is -2.53. The minimum atomic E-state index is -3.83. The number of alkyl halides is 3. The molecule has 8 nitrogen and oxygen atoms in total. The van der Waals surface area contributed by atoms with Gasteiger partial charge in [0.1, 0.15) is 5.69 Å². The molecule has 3 aromatic heterocycles. The quantitative estimate of drug-likeness (QED) is 0.384. The van der Waals surface area contributed by atoms with Gasteiger partial charge < -0.3 is 9.80 Å². The minimum absolute atomic E-state index is 0.0337. The SMILES string of the molecule is Cc1cc(C(F)(F)CF)nc(-c2ccnc3cc(CN4C(=O)C5C(C4=O)C5(C)C)sc23)c1C(=O)N1CCN(C)CC1C. The van der Waals surface area contributed by atoms with Crippen molar-refractivity contribution in [3.8, 4) is 11.3 Å². The Morgan fingerprint density at radius 2 is 1.86 bits per heavy atom. The Balaban J connectivity index is 1.44. The number of aryl methyl sites for hydroxylation is 1. The third kappa shape index (κ3) is 4.41. The zero-order valence-corrected chi connectivity index (χ0v) is 24.9. The van der Waals surface area contributed by atoms with E-state index in [2.05, 4.69) is 14.9 Å². The first-order valence-corrected chi connectivity index (χ1v) is 14.8. The molecular weight excluding hydrogens is 567 g/mol. The number of piperidine rings is 1. The van der Waals surface area contributed by atoms with Crippen molar-refractivity contribution < 1.29 is 27.6 Å². The van der Waals surface area contributed by atoms with E-state index in [9.17, 15) is 27.6 Å². The number of imide groups is 1. The molecule has 2 aliphatic heterocycles. The van der Waals surface area contributed by atoms with Crippen molar-refractivity contribution in [3.63, 3.8) is 0 Å². The maximum atomic E-state index is 14.6. The second-order valence-corrected chi connectivity index (χ2v) is 13.5. The number of halogens is 3. The molecular formula is C30H32F3N5O3S. The summed E-state index contributed by atoms with van der Waals surface area (Å²) in [6, 6.07) is 4.34. The van der Waals surface area contributed by atoms with Crippen molar-refractivity contribution in [2.24, 2.45) is 17.3 Å². The smallest absolute Gasteiger partial charge is 0.317 e. The number of likely N-dealkylation sites (tertiary alicyclic amines) is 1. The van der Waals surface area contributed by atoms with Gasteiger partial charge in [0.05, 0.1) is 39.9 Å². The summed E-state index contributed by atoms with van der Waals surface area (Å²) < 4.78 is 43.3. The minimum Gasteiger partial charge on any atom is -0.333 e. The number of nitrogens with zero attached hydrogens (tertiary/aromatic N) is 5. The van der Waals surface area contributed by atoms with Crippen LogP contribution in [0.3, 0.4) is 0 Å². The maximum absolute atomic E-state index is 14.6. The molecule has 3 aliphatic rings. The zero-order chi connectivity index (χ0) is 30.3. The Morgan fingerprint density at radius 3 is 2.50 bits per heavy atom. The third-order valence-corrected chi connectivity index (χ3v) is 10.1. The number of likely N-dealkylation sites (N-methyl/N-ethyl adjacent to an activating group) is 1. The number of hydrogen-bond donors (Lipinski definition) is 0. The lowest BCUT2D eigenvalue weighted by molar-refractivity contribution is -0.143. The van der Waals surface area contributed by atoms with Crippen LogP contribution in [0.4, 0.5) is 13.2 Å². The largest absolute Gasteiger partial charge is 0.333 e. The number of thiophene rings is 1. The molecule has 1 saturated carbocycles.